The molecule has 0 saturated carbocycles. The van der Waals surface area contributed by atoms with E-state index >= 15 is 0 Å². The molecule has 1 heterocycles. The van der Waals surface area contributed by atoms with Crippen LogP contribution >= 0.6 is 31.9 Å². The second-order valence-corrected chi connectivity index (χ2v) is 7.26. The van der Waals surface area contributed by atoms with Crippen LogP contribution in [-0.4, -0.2) is 50.0 Å². The van der Waals surface area contributed by atoms with E-state index in [9.17, 15) is 5.11 Å². The van der Waals surface area contributed by atoms with E-state index in [2.05, 4.69) is 43.7 Å². The maximum absolute atomic E-state index is 10.3. The Morgan fingerprint density at radius 2 is 1.95 bits per heavy atom. The van der Waals surface area contributed by atoms with Gasteiger partial charge in [-0.25, -0.2) is 0 Å². The fourth-order valence-electron chi connectivity index (χ4n) is 3.06. The quantitative estimate of drug-likeness (QED) is 0.767. The summed E-state index contributed by atoms with van der Waals surface area (Å²) in [5.41, 5.74) is 1.07. The minimum atomic E-state index is -0.257. The summed E-state index contributed by atoms with van der Waals surface area (Å²) < 4.78 is 12.6. The van der Waals surface area contributed by atoms with E-state index in [1.807, 2.05) is 6.07 Å². The molecule has 0 radical (unpaired) electrons. The number of ether oxygens (including phenoxy) is 2. The molecule has 2 atom stereocenters. The van der Waals surface area contributed by atoms with Crippen molar-refractivity contribution in [1.82, 2.24) is 4.90 Å². The third-order valence-corrected chi connectivity index (χ3v) is 5.63. The van der Waals surface area contributed by atoms with Gasteiger partial charge in [0.2, 0.25) is 0 Å². The van der Waals surface area contributed by atoms with Crippen LogP contribution in [0.5, 0.6) is 11.5 Å². The van der Waals surface area contributed by atoms with Crippen molar-refractivity contribution in [3.8, 4) is 11.5 Å². The zero-order valence-electron chi connectivity index (χ0n) is 13.2. The van der Waals surface area contributed by atoms with Crippen LogP contribution in [0.1, 0.15) is 18.9 Å². The van der Waals surface area contributed by atoms with Crippen LogP contribution in [0, 0.1) is 5.92 Å². The molecule has 124 valence electrons. The third kappa shape index (κ3) is 3.78. The number of aliphatic hydroxyl groups is 1. The van der Waals surface area contributed by atoms with Crippen LogP contribution in [0.3, 0.4) is 0 Å². The van der Waals surface area contributed by atoms with Crippen molar-refractivity contribution in [1.29, 1.82) is 0 Å². The third-order valence-electron chi connectivity index (χ3n) is 4.32. The highest BCUT2D eigenvalue weighted by Gasteiger charge is 2.29. The number of halogens is 2. The topological polar surface area (TPSA) is 41.9 Å². The van der Waals surface area contributed by atoms with E-state index in [-0.39, 0.29) is 12.0 Å². The second-order valence-electron chi connectivity index (χ2n) is 5.61. The molecule has 1 fully saturated rings. The predicted molar refractivity (Wildman–Crippen MR) is 94.9 cm³/mol. The molecular weight excluding hydrogens is 414 g/mol. The van der Waals surface area contributed by atoms with Crippen molar-refractivity contribution >= 4 is 31.9 Å². The van der Waals surface area contributed by atoms with Gasteiger partial charge in [0.05, 0.1) is 24.8 Å². The summed E-state index contributed by atoms with van der Waals surface area (Å²) in [5.74, 6) is 1.72. The van der Waals surface area contributed by atoms with Gasteiger partial charge in [-0.05, 0) is 62.9 Å². The summed E-state index contributed by atoms with van der Waals surface area (Å²) in [6, 6.07) is 2.03. The Labute approximate surface area is 149 Å². The Morgan fingerprint density at radius 1 is 1.27 bits per heavy atom. The normalized spacial score (nSPS) is 22.6. The van der Waals surface area contributed by atoms with Gasteiger partial charge < -0.3 is 19.5 Å². The van der Waals surface area contributed by atoms with E-state index < -0.39 is 0 Å². The average Bonchev–Trinajstić information content (AvgIpc) is 2.50. The van der Waals surface area contributed by atoms with Crippen molar-refractivity contribution in [2.45, 2.75) is 25.9 Å². The van der Waals surface area contributed by atoms with Gasteiger partial charge in [-0.2, -0.15) is 0 Å². The van der Waals surface area contributed by atoms with Gasteiger partial charge in [-0.1, -0.05) is 6.92 Å². The van der Waals surface area contributed by atoms with Crippen molar-refractivity contribution in [2.24, 2.45) is 5.92 Å². The van der Waals surface area contributed by atoms with Gasteiger partial charge in [-0.15, -0.1) is 0 Å². The Kier molecular flexibility index (Phi) is 6.56. The van der Waals surface area contributed by atoms with Crippen molar-refractivity contribution in [3.05, 3.63) is 20.6 Å². The average molecular weight is 437 g/mol. The number of benzene rings is 1. The van der Waals surface area contributed by atoms with Gasteiger partial charge in [0.25, 0.3) is 0 Å². The molecule has 6 heteroatoms. The standard InChI is InChI=1S/C16H23Br2NO3/c1-4-19-6-5-13(20)11(9-19)7-10-8-12(17)16(22-3)14(18)15(10)21-2/h8,11,13,20H,4-7,9H2,1-3H3. The predicted octanol–water partition coefficient (Wildman–Crippen LogP) is 3.47. The highest BCUT2D eigenvalue weighted by atomic mass is 79.9. The smallest absolute Gasteiger partial charge is 0.150 e. The lowest BCUT2D eigenvalue weighted by atomic mass is 9.88. The van der Waals surface area contributed by atoms with Crippen LogP contribution < -0.4 is 9.47 Å². The van der Waals surface area contributed by atoms with Crippen LogP contribution in [0.2, 0.25) is 0 Å². The number of nitrogens with zero attached hydrogens (tertiary/aromatic N) is 1. The van der Waals surface area contributed by atoms with E-state index in [0.717, 1.165) is 58.5 Å². The monoisotopic (exact) mass is 435 g/mol. The minimum absolute atomic E-state index is 0.217. The summed E-state index contributed by atoms with van der Waals surface area (Å²) >= 11 is 7.10. The van der Waals surface area contributed by atoms with E-state index in [1.54, 1.807) is 14.2 Å². The number of aliphatic hydroxyl groups excluding tert-OH is 1. The largest absolute Gasteiger partial charge is 0.495 e. The second kappa shape index (κ2) is 7.99. The summed E-state index contributed by atoms with van der Waals surface area (Å²) in [4.78, 5) is 2.39. The Bertz CT molecular complexity index is 525. The lowest BCUT2D eigenvalue weighted by molar-refractivity contribution is 0.0288. The highest BCUT2D eigenvalue weighted by Crippen LogP contribution is 2.43. The van der Waals surface area contributed by atoms with Crippen molar-refractivity contribution in [2.75, 3.05) is 33.9 Å². The number of likely N-dealkylation sites (tertiary alicyclic amines) is 1. The molecular formula is C16H23Br2NO3. The SMILES string of the molecule is CCN1CCC(O)C(Cc2cc(Br)c(OC)c(Br)c2OC)C1. The Hall–Kier alpha value is -0.300. The molecule has 1 aromatic rings. The van der Waals surface area contributed by atoms with Gasteiger partial charge in [0, 0.05) is 19.0 Å². The summed E-state index contributed by atoms with van der Waals surface area (Å²) in [6.45, 7) is 5.08. The maximum atomic E-state index is 10.3. The molecule has 1 N–H and O–H groups in total. The van der Waals surface area contributed by atoms with Crippen LogP contribution in [0.4, 0.5) is 0 Å². The zero-order valence-corrected chi connectivity index (χ0v) is 16.4. The van der Waals surface area contributed by atoms with E-state index in [1.165, 1.54) is 0 Å². The molecule has 2 unspecified atom stereocenters. The number of piperidine rings is 1. The fourth-order valence-corrected chi connectivity index (χ4v) is 4.75. The summed E-state index contributed by atoms with van der Waals surface area (Å²) in [5, 5.41) is 10.3. The Morgan fingerprint density at radius 3 is 2.55 bits per heavy atom. The molecule has 1 saturated heterocycles. The first kappa shape index (κ1) is 18.0. The number of hydrogen-bond donors (Lipinski definition) is 1. The van der Waals surface area contributed by atoms with Crippen molar-refractivity contribution in [3.63, 3.8) is 0 Å². The molecule has 22 heavy (non-hydrogen) atoms. The lowest BCUT2D eigenvalue weighted by Crippen LogP contribution is -2.43. The first-order valence-electron chi connectivity index (χ1n) is 7.51. The minimum Gasteiger partial charge on any atom is -0.495 e. The molecule has 0 bridgehead atoms. The highest BCUT2D eigenvalue weighted by molar-refractivity contribution is 9.11. The van der Waals surface area contributed by atoms with Crippen LogP contribution in [0.15, 0.2) is 15.0 Å². The molecule has 2 rings (SSSR count). The maximum Gasteiger partial charge on any atom is 0.150 e. The summed E-state index contributed by atoms with van der Waals surface area (Å²) in [6.07, 6.45) is 1.36. The number of rotatable bonds is 5. The molecule has 1 aliphatic heterocycles. The first-order valence-corrected chi connectivity index (χ1v) is 9.09. The van der Waals surface area contributed by atoms with Crippen LogP contribution in [0.25, 0.3) is 0 Å². The molecule has 1 aromatic carbocycles. The van der Waals surface area contributed by atoms with Gasteiger partial charge >= 0.3 is 0 Å². The Balaban J connectivity index is 2.28. The lowest BCUT2D eigenvalue weighted by Gasteiger charge is -2.36. The molecule has 0 spiro atoms. The van der Waals surface area contributed by atoms with Gasteiger partial charge in [0.1, 0.15) is 10.2 Å². The molecule has 0 aromatic heterocycles. The molecule has 1 aliphatic rings. The number of hydrogen-bond acceptors (Lipinski definition) is 4. The number of methoxy groups -OCH3 is 2. The van der Waals surface area contributed by atoms with Crippen molar-refractivity contribution < 1.29 is 14.6 Å². The zero-order chi connectivity index (χ0) is 16.3. The first-order chi connectivity index (χ1) is 10.5. The fraction of sp³-hybridized carbons (Fsp3) is 0.625. The van der Waals surface area contributed by atoms with Gasteiger partial charge in [0.15, 0.2) is 5.75 Å². The van der Waals surface area contributed by atoms with E-state index in [0.29, 0.717) is 0 Å². The van der Waals surface area contributed by atoms with E-state index in [4.69, 9.17) is 9.47 Å². The molecule has 0 amide bonds. The van der Waals surface area contributed by atoms with Gasteiger partial charge in [-0.3, -0.25) is 0 Å². The summed E-state index contributed by atoms with van der Waals surface area (Å²) in [7, 11) is 3.29. The molecule has 0 aliphatic carbocycles. The molecule has 4 nitrogen and oxygen atoms in total. The van der Waals surface area contributed by atoms with Crippen LogP contribution in [-0.2, 0) is 6.42 Å².